The molecule has 0 radical (unpaired) electrons. The molecular weight excluding hydrogens is 206 g/mol. The highest BCUT2D eigenvalue weighted by Crippen LogP contribution is 2.17. The fourth-order valence-electron chi connectivity index (χ4n) is 2.31. The van der Waals surface area contributed by atoms with Crippen LogP contribution in [0.1, 0.15) is 6.92 Å². The third kappa shape index (κ3) is 2.21. The molecule has 0 saturated carbocycles. The third-order valence-electron chi connectivity index (χ3n) is 3.71. The van der Waals surface area contributed by atoms with E-state index in [0.29, 0.717) is 19.3 Å². The molecule has 92 valence electrons. The molecule has 0 aromatic carbocycles. The van der Waals surface area contributed by atoms with Crippen molar-refractivity contribution < 1.29 is 9.53 Å². The molecule has 0 aromatic rings. The van der Waals surface area contributed by atoms with E-state index in [1.165, 1.54) is 0 Å². The number of ether oxygens (including phenoxy) is 1. The van der Waals surface area contributed by atoms with Crippen LogP contribution in [0.2, 0.25) is 0 Å². The van der Waals surface area contributed by atoms with E-state index in [2.05, 4.69) is 18.9 Å². The van der Waals surface area contributed by atoms with Crippen LogP contribution in [0.3, 0.4) is 0 Å². The van der Waals surface area contributed by atoms with Gasteiger partial charge in [0.15, 0.2) is 0 Å². The average molecular weight is 227 g/mol. The summed E-state index contributed by atoms with van der Waals surface area (Å²) in [5.74, 6) is 0.0422. The summed E-state index contributed by atoms with van der Waals surface area (Å²) < 4.78 is 5.25. The van der Waals surface area contributed by atoms with Crippen molar-refractivity contribution in [3.8, 4) is 0 Å². The lowest BCUT2D eigenvalue weighted by molar-refractivity contribution is -0.138. The Morgan fingerprint density at radius 2 is 2.12 bits per heavy atom. The van der Waals surface area contributed by atoms with Crippen molar-refractivity contribution in [1.82, 2.24) is 9.80 Å². The van der Waals surface area contributed by atoms with Gasteiger partial charge in [-0.1, -0.05) is 0 Å². The largest absolute Gasteiger partial charge is 0.379 e. The minimum absolute atomic E-state index is 0.123. The van der Waals surface area contributed by atoms with Crippen molar-refractivity contribution >= 4 is 5.91 Å². The molecule has 3 unspecified atom stereocenters. The van der Waals surface area contributed by atoms with Crippen molar-refractivity contribution in [3.05, 3.63) is 0 Å². The van der Waals surface area contributed by atoms with Gasteiger partial charge in [-0.2, -0.15) is 0 Å². The third-order valence-corrected chi connectivity index (χ3v) is 3.71. The Hall–Kier alpha value is -0.650. The minimum Gasteiger partial charge on any atom is -0.379 e. The Labute approximate surface area is 96.5 Å². The van der Waals surface area contributed by atoms with Gasteiger partial charge < -0.3 is 20.3 Å². The quantitative estimate of drug-likeness (QED) is 0.632. The lowest BCUT2D eigenvalue weighted by Crippen LogP contribution is -2.55. The zero-order chi connectivity index (χ0) is 11.7. The minimum atomic E-state index is -0.129. The summed E-state index contributed by atoms with van der Waals surface area (Å²) in [4.78, 5) is 16.4. The highest BCUT2D eigenvalue weighted by Gasteiger charge is 2.36. The van der Waals surface area contributed by atoms with E-state index < -0.39 is 0 Å². The summed E-state index contributed by atoms with van der Waals surface area (Å²) in [7, 11) is 2.09. The summed E-state index contributed by atoms with van der Waals surface area (Å²) in [6, 6.07) is 0.304. The van der Waals surface area contributed by atoms with Crippen LogP contribution in [-0.4, -0.2) is 67.7 Å². The summed E-state index contributed by atoms with van der Waals surface area (Å²) >= 11 is 0. The van der Waals surface area contributed by atoms with Crippen LogP contribution in [0.25, 0.3) is 0 Å². The van der Waals surface area contributed by atoms with E-state index in [1.807, 2.05) is 4.90 Å². The molecule has 2 aliphatic heterocycles. The molecule has 2 heterocycles. The number of likely N-dealkylation sites (N-methyl/N-ethyl adjacent to an activating group) is 1. The Balaban J connectivity index is 1.95. The van der Waals surface area contributed by atoms with Gasteiger partial charge in [0.1, 0.15) is 0 Å². The first-order valence-electron chi connectivity index (χ1n) is 5.92. The van der Waals surface area contributed by atoms with E-state index in [1.54, 1.807) is 0 Å². The summed E-state index contributed by atoms with van der Waals surface area (Å²) in [6.45, 7) is 5.70. The fourth-order valence-corrected chi connectivity index (χ4v) is 2.31. The predicted molar refractivity (Wildman–Crippen MR) is 61.0 cm³/mol. The molecule has 2 rings (SSSR count). The standard InChI is InChI=1S/C11H21N3O2/c1-8-5-14(4-3-13(8)2)11(15)9-6-16-7-10(9)12/h8-10H,3-7,12H2,1-2H3. The number of hydrogen-bond acceptors (Lipinski definition) is 4. The first-order chi connectivity index (χ1) is 7.59. The van der Waals surface area contributed by atoms with Gasteiger partial charge in [-0.3, -0.25) is 4.79 Å². The summed E-state index contributed by atoms with van der Waals surface area (Å²) in [6.07, 6.45) is 0. The molecule has 2 fully saturated rings. The monoisotopic (exact) mass is 227 g/mol. The Morgan fingerprint density at radius 3 is 2.69 bits per heavy atom. The molecule has 0 aromatic heterocycles. The van der Waals surface area contributed by atoms with Gasteiger partial charge in [-0.15, -0.1) is 0 Å². The second-order valence-electron chi connectivity index (χ2n) is 4.92. The Morgan fingerprint density at radius 1 is 1.38 bits per heavy atom. The van der Waals surface area contributed by atoms with Gasteiger partial charge in [0.25, 0.3) is 0 Å². The Kier molecular flexibility index (Phi) is 3.47. The normalized spacial score (nSPS) is 36.7. The van der Waals surface area contributed by atoms with Crippen LogP contribution in [-0.2, 0) is 9.53 Å². The Bertz CT molecular complexity index is 272. The van der Waals surface area contributed by atoms with E-state index >= 15 is 0 Å². The van der Waals surface area contributed by atoms with Crippen LogP contribution < -0.4 is 5.73 Å². The van der Waals surface area contributed by atoms with E-state index in [4.69, 9.17) is 10.5 Å². The second-order valence-corrected chi connectivity index (χ2v) is 4.92. The fraction of sp³-hybridized carbons (Fsp3) is 0.909. The SMILES string of the molecule is CC1CN(C(=O)C2COCC2N)CCN1C. The van der Waals surface area contributed by atoms with Crippen molar-refractivity contribution in [2.45, 2.75) is 19.0 Å². The van der Waals surface area contributed by atoms with Gasteiger partial charge in [-0.25, -0.2) is 0 Å². The number of amides is 1. The first-order valence-corrected chi connectivity index (χ1v) is 5.92. The number of carbonyl (C=O) groups excluding carboxylic acids is 1. The number of piperazine rings is 1. The van der Waals surface area contributed by atoms with Crippen molar-refractivity contribution in [1.29, 1.82) is 0 Å². The summed E-state index contributed by atoms with van der Waals surface area (Å²) in [5, 5.41) is 0. The lowest BCUT2D eigenvalue weighted by atomic mass is 10.0. The molecule has 0 spiro atoms. The van der Waals surface area contributed by atoms with E-state index in [0.717, 1.165) is 19.6 Å². The lowest BCUT2D eigenvalue weighted by Gasteiger charge is -2.38. The molecule has 0 bridgehead atoms. The van der Waals surface area contributed by atoms with Crippen LogP contribution in [0.4, 0.5) is 0 Å². The van der Waals surface area contributed by atoms with E-state index in [-0.39, 0.29) is 17.9 Å². The zero-order valence-corrected chi connectivity index (χ0v) is 10.1. The average Bonchev–Trinajstić information content (AvgIpc) is 2.67. The molecule has 5 heteroatoms. The molecule has 3 atom stereocenters. The van der Waals surface area contributed by atoms with Crippen molar-refractivity contribution in [3.63, 3.8) is 0 Å². The molecule has 16 heavy (non-hydrogen) atoms. The van der Waals surface area contributed by atoms with Crippen molar-refractivity contribution in [2.24, 2.45) is 11.7 Å². The number of rotatable bonds is 1. The number of nitrogens with two attached hydrogens (primary N) is 1. The van der Waals surface area contributed by atoms with Gasteiger partial charge in [-0.05, 0) is 14.0 Å². The van der Waals surface area contributed by atoms with Gasteiger partial charge in [0.2, 0.25) is 5.91 Å². The maximum atomic E-state index is 12.2. The topological polar surface area (TPSA) is 58.8 Å². The molecule has 2 saturated heterocycles. The van der Waals surface area contributed by atoms with Crippen LogP contribution in [0.15, 0.2) is 0 Å². The van der Waals surface area contributed by atoms with Crippen LogP contribution in [0.5, 0.6) is 0 Å². The number of nitrogens with zero attached hydrogens (tertiary/aromatic N) is 2. The highest BCUT2D eigenvalue weighted by atomic mass is 16.5. The molecule has 2 N–H and O–H groups in total. The first kappa shape index (κ1) is 11.8. The molecule has 5 nitrogen and oxygen atoms in total. The summed E-state index contributed by atoms with van der Waals surface area (Å²) in [5.41, 5.74) is 5.87. The number of hydrogen-bond donors (Lipinski definition) is 1. The molecule has 0 aliphatic carbocycles. The predicted octanol–water partition coefficient (Wildman–Crippen LogP) is -0.877. The van der Waals surface area contributed by atoms with Crippen molar-refractivity contribution in [2.75, 3.05) is 39.9 Å². The van der Waals surface area contributed by atoms with E-state index in [9.17, 15) is 4.79 Å². The maximum Gasteiger partial charge on any atom is 0.229 e. The second kappa shape index (κ2) is 4.69. The number of carbonyl (C=O) groups is 1. The van der Waals surface area contributed by atoms with Gasteiger partial charge in [0.05, 0.1) is 19.1 Å². The molecular formula is C11H21N3O2. The maximum absolute atomic E-state index is 12.2. The highest BCUT2D eigenvalue weighted by molar-refractivity contribution is 5.80. The molecule has 2 aliphatic rings. The molecule has 1 amide bonds. The van der Waals surface area contributed by atoms with Crippen LogP contribution >= 0.6 is 0 Å². The smallest absolute Gasteiger partial charge is 0.229 e. The van der Waals surface area contributed by atoms with Crippen LogP contribution in [0, 0.1) is 5.92 Å². The van der Waals surface area contributed by atoms with Gasteiger partial charge in [0, 0.05) is 31.7 Å². The van der Waals surface area contributed by atoms with Gasteiger partial charge >= 0.3 is 0 Å². The zero-order valence-electron chi connectivity index (χ0n) is 10.1.